The fourth-order valence-corrected chi connectivity index (χ4v) is 1.000. The third-order valence-electron chi connectivity index (χ3n) is 1.63. The van der Waals surface area contributed by atoms with Gasteiger partial charge in [-0.1, -0.05) is 0 Å². The molecule has 0 N–H and O–H groups in total. The fourth-order valence-electron chi connectivity index (χ4n) is 1.000. The summed E-state index contributed by atoms with van der Waals surface area (Å²) in [4.78, 5) is 32.8. The average Bonchev–Trinajstić information content (AvgIpc) is 2.03. The molecule has 1 aliphatic rings. The molecule has 0 radical (unpaired) electrons. The molecule has 0 aromatic heterocycles. The first-order chi connectivity index (χ1) is 5.66. The van der Waals surface area contributed by atoms with Gasteiger partial charge in [0.25, 0.3) is 0 Å². The van der Waals surface area contributed by atoms with E-state index in [0.29, 0.717) is 0 Å². The Kier molecular flexibility index (Phi) is 5.20. The van der Waals surface area contributed by atoms with E-state index in [2.05, 4.69) is 10.1 Å². The summed E-state index contributed by atoms with van der Waals surface area (Å²) in [6.45, 7) is 0.186. The van der Waals surface area contributed by atoms with Gasteiger partial charge in [-0.15, -0.1) is 6.54 Å². The Morgan fingerprint density at radius 2 is 2.15 bits per heavy atom. The summed E-state index contributed by atoms with van der Waals surface area (Å²) in [6, 6.07) is 0. The molecule has 1 heterocycles. The second kappa shape index (κ2) is 5.36. The maximum Gasteiger partial charge on any atom is 1.00 e. The SMILES string of the molecule is COC(=O)C1C(=O)CC[N-]C1=O.[Na+]. The van der Waals surface area contributed by atoms with E-state index in [0.717, 1.165) is 7.11 Å². The van der Waals surface area contributed by atoms with Gasteiger partial charge in [0.1, 0.15) is 0 Å². The number of hydrogen-bond donors (Lipinski definition) is 0. The van der Waals surface area contributed by atoms with Crippen LogP contribution in [0.15, 0.2) is 0 Å². The van der Waals surface area contributed by atoms with E-state index in [1.54, 1.807) is 0 Å². The second-order valence-corrected chi connectivity index (χ2v) is 2.39. The zero-order chi connectivity index (χ0) is 9.14. The number of carbonyl (C=O) groups is 3. The molecule has 0 aromatic rings. The van der Waals surface area contributed by atoms with E-state index in [9.17, 15) is 14.4 Å². The molecule has 1 aliphatic heterocycles. The number of methoxy groups -OCH3 is 1. The third-order valence-corrected chi connectivity index (χ3v) is 1.63. The topological polar surface area (TPSA) is 74.5 Å². The van der Waals surface area contributed by atoms with Crippen LogP contribution in [-0.4, -0.2) is 31.3 Å². The van der Waals surface area contributed by atoms with Crippen molar-refractivity contribution >= 4 is 17.7 Å². The average molecular weight is 193 g/mol. The zero-order valence-corrected chi connectivity index (χ0v) is 9.57. The molecule has 1 rings (SSSR count). The summed E-state index contributed by atoms with van der Waals surface area (Å²) in [5.74, 6) is -3.20. The minimum atomic E-state index is -1.30. The van der Waals surface area contributed by atoms with Crippen LogP contribution in [0.25, 0.3) is 5.32 Å². The van der Waals surface area contributed by atoms with E-state index < -0.39 is 23.6 Å². The summed E-state index contributed by atoms with van der Waals surface area (Å²) < 4.78 is 4.29. The van der Waals surface area contributed by atoms with E-state index >= 15 is 0 Å². The Labute approximate surface area is 97.5 Å². The van der Waals surface area contributed by atoms with Gasteiger partial charge >= 0.3 is 35.5 Å². The number of rotatable bonds is 1. The predicted octanol–water partition coefficient (Wildman–Crippen LogP) is -3.35. The quantitative estimate of drug-likeness (QED) is 0.248. The Balaban J connectivity index is 0.00000144. The Morgan fingerprint density at radius 3 is 2.62 bits per heavy atom. The van der Waals surface area contributed by atoms with E-state index in [1.165, 1.54) is 0 Å². The van der Waals surface area contributed by atoms with Gasteiger partial charge in [0.05, 0.1) is 13.0 Å². The largest absolute Gasteiger partial charge is 1.00 e. The van der Waals surface area contributed by atoms with Gasteiger partial charge < -0.3 is 14.8 Å². The molecule has 66 valence electrons. The van der Waals surface area contributed by atoms with Crippen LogP contribution in [0.3, 0.4) is 0 Å². The van der Waals surface area contributed by atoms with Crippen LogP contribution in [0.1, 0.15) is 6.42 Å². The molecule has 13 heavy (non-hydrogen) atoms. The Morgan fingerprint density at radius 1 is 1.54 bits per heavy atom. The van der Waals surface area contributed by atoms with Crippen molar-refractivity contribution in [1.82, 2.24) is 0 Å². The van der Waals surface area contributed by atoms with E-state index in [1.807, 2.05) is 0 Å². The van der Waals surface area contributed by atoms with Crippen molar-refractivity contribution in [3.63, 3.8) is 0 Å². The summed E-state index contributed by atoms with van der Waals surface area (Å²) in [5, 5.41) is 3.47. The van der Waals surface area contributed by atoms with Crippen LogP contribution in [-0.2, 0) is 19.1 Å². The standard InChI is InChI=1S/C7H9NO4.Na/c1-12-7(11)5-4(9)2-3-8-6(5)10;/h5H,2-3H2,1H3,(H,8,10);/q;+1/p-1. The smallest absolute Gasteiger partial charge is 0.652 e. The molecule has 0 saturated carbocycles. The molecule has 1 saturated heterocycles. The van der Waals surface area contributed by atoms with E-state index in [4.69, 9.17) is 0 Å². The summed E-state index contributed by atoms with van der Waals surface area (Å²) >= 11 is 0. The van der Waals surface area contributed by atoms with E-state index in [-0.39, 0.29) is 42.5 Å². The summed E-state index contributed by atoms with van der Waals surface area (Å²) in [6.07, 6.45) is 0.144. The number of Topliss-reactive ketones (excluding diaryl/α,β-unsaturated/α-hetero) is 1. The third kappa shape index (κ3) is 2.79. The Bertz CT molecular complexity index is 214. The molecule has 0 aliphatic carbocycles. The van der Waals surface area contributed by atoms with Crippen LogP contribution in [0.5, 0.6) is 0 Å². The number of ketones is 1. The second-order valence-electron chi connectivity index (χ2n) is 2.39. The van der Waals surface area contributed by atoms with Crippen LogP contribution in [0.2, 0.25) is 0 Å². The number of amides is 1. The van der Waals surface area contributed by atoms with Crippen LogP contribution in [0.4, 0.5) is 0 Å². The predicted molar refractivity (Wildman–Crippen MR) is 38.4 cm³/mol. The van der Waals surface area contributed by atoms with Crippen LogP contribution < -0.4 is 29.6 Å². The molecule has 0 aromatic carbocycles. The van der Waals surface area contributed by atoms with Crippen molar-refractivity contribution in [2.45, 2.75) is 6.42 Å². The van der Waals surface area contributed by atoms with Gasteiger partial charge in [0.15, 0.2) is 11.7 Å². The summed E-state index contributed by atoms with van der Waals surface area (Å²) in [7, 11) is 1.14. The van der Waals surface area contributed by atoms with Crippen LogP contribution in [0, 0.1) is 5.92 Å². The first-order valence-corrected chi connectivity index (χ1v) is 3.48. The van der Waals surface area contributed by atoms with Crippen molar-refractivity contribution in [3.05, 3.63) is 5.32 Å². The number of ether oxygens (including phenoxy) is 1. The van der Waals surface area contributed by atoms with Gasteiger partial charge in [0.2, 0.25) is 0 Å². The first kappa shape index (κ1) is 12.6. The molecule has 1 unspecified atom stereocenters. The zero-order valence-electron chi connectivity index (χ0n) is 7.57. The minimum Gasteiger partial charge on any atom is -0.652 e. The van der Waals surface area contributed by atoms with Gasteiger partial charge in [-0.05, 0) is 6.42 Å². The monoisotopic (exact) mass is 193 g/mol. The molecule has 0 spiro atoms. The number of nitrogens with zero attached hydrogens (tertiary/aromatic N) is 1. The normalized spacial score (nSPS) is 21.5. The minimum absolute atomic E-state index is 0. The maximum atomic E-state index is 11.0. The molecule has 6 heteroatoms. The number of esters is 1. The van der Waals surface area contributed by atoms with Crippen molar-refractivity contribution < 1.29 is 48.7 Å². The molecule has 1 atom stereocenters. The van der Waals surface area contributed by atoms with Gasteiger partial charge in [-0.25, -0.2) is 0 Å². The van der Waals surface area contributed by atoms with Gasteiger partial charge in [-0.3, -0.25) is 9.59 Å². The molecule has 1 fully saturated rings. The van der Waals surface area contributed by atoms with Crippen molar-refractivity contribution in [1.29, 1.82) is 0 Å². The molecule has 0 bridgehead atoms. The number of hydrogen-bond acceptors (Lipinski definition) is 4. The maximum absolute atomic E-state index is 11.0. The molecule has 5 nitrogen and oxygen atoms in total. The van der Waals surface area contributed by atoms with Crippen molar-refractivity contribution in [2.24, 2.45) is 5.92 Å². The fraction of sp³-hybridized carbons (Fsp3) is 0.571. The number of piperidine rings is 1. The van der Waals surface area contributed by atoms with Crippen molar-refractivity contribution in [2.75, 3.05) is 13.7 Å². The molecule has 1 amide bonds. The van der Waals surface area contributed by atoms with Gasteiger partial charge in [0, 0.05) is 0 Å². The van der Waals surface area contributed by atoms with Crippen molar-refractivity contribution in [3.8, 4) is 0 Å². The number of carbonyl (C=O) groups excluding carboxylic acids is 3. The Hall–Kier alpha value is -0.390. The molecular weight excluding hydrogens is 185 g/mol. The van der Waals surface area contributed by atoms with Gasteiger partial charge in [-0.2, -0.15) is 0 Å². The summed E-state index contributed by atoms with van der Waals surface area (Å²) in [5.41, 5.74) is 0. The first-order valence-electron chi connectivity index (χ1n) is 3.48. The van der Waals surface area contributed by atoms with Crippen LogP contribution >= 0.6 is 0 Å². The molecular formula is C7H8NNaO4.